The molecule has 4 rings (SSSR count). The fourth-order valence-electron chi connectivity index (χ4n) is 4.56. The number of aliphatic hydroxyl groups excluding tert-OH is 1. The molecule has 25 heavy (non-hydrogen) atoms. The quantitative estimate of drug-likeness (QED) is 0.864. The molecule has 132 valence electrons. The van der Waals surface area contributed by atoms with Crippen molar-refractivity contribution in [1.29, 1.82) is 0 Å². The zero-order chi connectivity index (χ0) is 17.4. The number of rotatable bonds is 5. The third kappa shape index (κ3) is 3.12. The number of sulfonamides is 1. The van der Waals surface area contributed by atoms with Crippen molar-refractivity contribution in [3.63, 3.8) is 0 Å². The second-order valence-corrected chi connectivity index (χ2v) is 8.93. The summed E-state index contributed by atoms with van der Waals surface area (Å²) in [5.74, 6) is 0.876. The van der Waals surface area contributed by atoms with Crippen molar-refractivity contribution in [2.75, 3.05) is 6.61 Å². The van der Waals surface area contributed by atoms with E-state index in [4.69, 9.17) is 0 Å². The Hall–Kier alpha value is -1.69. The number of aliphatic hydroxyl groups is 1. The summed E-state index contributed by atoms with van der Waals surface area (Å²) in [4.78, 5) is 0.284. The van der Waals surface area contributed by atoms with Crippen molar-refractivity contribution in [2.24, 2.45) is 17.8 Å². The molecule has 0 aromatic heterocycles. The molecule has 2 saturated carbocycles. The van der Waals surface area contributed by atoms with Gasteiger partial charge in [-0.15, -0.1) is 0 Å². The summed E-state index contributed by atoms with van der Waals surface area (Å²) in [5.41, 5.74) is 2.06. The maximum Gasteiger partial charge on any atom is 0.240 e. The standard InChI is InChI=1S/C20H23NO3S/c22-13-19-16-6-7-17(12-16)20(19)21-25(23,24)18-10-8-15(9-11-18)14-4-2-1-3-5-14/h1-5,8-11,16-17,19-22H,6-7,12-13H2. The Morgan fingerprint density at radius 3 is 2.24 bits per heavy atom. The lowest BCUT2D eigenvalue weighted by Crippen LogP contribution is -2.45. The maximum atomic E-state index is 12.8. The van der Waals surface area contributed by atoms with E-state index in [0.717, 1.165) is 30.4 Å². The largest absolute Gasteiger partial charge is 0.396 e. The Morgan fingerprint density at radius 2 is 1.56 bits per heavy atom. The highest BCUT2D eigenvalue weighted by molar-refractivity contribution is 7.89. The first-order chi connectivity index (χ1) is 12.1. The van der Waals surface area contributed by atoms with Crippen molar-refractivity contribution in [3.05, 3.63) is 54.6 Å². The van der Waals surface area contributed by atoms with E-state index in [1.165, 1.54) is 0 Å². The van der Waals surface area contributed by atoms with Crippen molar-refractivity contribution in [1.82, 2.24) is 4.72 Å². The molecule has 2 aromatic carbocycles. The highest BCUT2D eigenvalue weighted by Crippen LogP contribution is 2.48. The maximum absolute atomic E-state index is 12.8. The number of nitrogens with one attached hydrogen (secondary N) is 1. The van der Waals surface area contributed by atoms with Crippen LogP contribution in [0.1, 0.15) is 19.3 Å². The predicted molar refractivity (Wildman–Crippen MR) is 97.4 cm³/mol. The Labute approximate surface area is 149 Å². The van der Waals surface area contributed by atoms with Gasteiger partial charge < -0.3 is 5.11 Å². The number of hydrogen-bond donors (Lipinski definition) is 2. The molecule has 0 spiro atoms. The highest BCUT2D eigenvalue weighted by atomic mass is 32.2. The van der Waals surface area contributed by atoms with Gasteiger partial charge in [0.1, 0.15) is 0 Å². The summed E-state index contributed by atoms with van der Waals surface area (Å²) >= 11 is 0. The molecule has 2 bridgehead atoms. The zero-order valence-electron chi connectivity index (χ0n) is 14.0. The predicted octanol–water partition coefficient (Wildman–Crippen LogP) is 3.04. The van der Waals surface area contributed by atoms with Crippen LogP contribution in [0.25, 0.3) is 11.1 Å². The fraction of sp³-hybridized carbons (Fsp3) is 0.400. The first-order valence-electron chi connectivity index (χ1n) is 8.87. The molecule has 2 aliphatic rings. The van der Waals surface area contributed by atoms with E-state index in [2.05, 4.69) is 4.72 Å². The van der Waals surface area contributed by atoms with Crippen LogP contribution in [0, 0.1) is 17.8 Å². The summed E-state index contributed by atoms with van der Waals surface area (Å²) in [6.45, 7) is 0.0568. The lowest BCUT2D eigenvalue weighted by Gasteiger charge is -2.30. The zero-order valence-corrected chi connectivity index (χ0v) is 14.8. The average molecular weight is 357 g/mol. The minimum atomic E-state index is -3.57. The van der Waals surface area contributed by atoms with Gasteiger partial charge in [0.25, 0.3) is 0 Å². The molecular formula is C20H23NO3S. The van der Waals surface area contributed by atoms with Crippen LogP contribution in [0.4, 0.5) is 0 Å². The van der Waals surface area contributed by atoms with Gasteiger partial charge in [0.15, 0.2) is 0 Å². The van der Waals surface area contributed by atoms with Gasteiger partial charge >= 0.3 is 0 Å². The van der Waals surface area contributed by atoms with Crippen LogP contribution in [0.15, 0.2) is 59.5 Å². The van der Waals surface area contributed by atoms with Gasteiger partial charge in [-0.1, -0.05) is 42.5 Å². The molecule has 0 heterocycles. The van der Waals surface area contributed by atoms with Crippen LogP contribution in [0.5, 0.6) is 0 Å². The topological polar surface area (TPSA) is 66.4 Å². The minimum Gasteiger partial charge on any atom is -0.396 e. The number of benzene rings is 2. The lowest BCUT2D eigenvalue weighted by atomic mass is 9.86. The van der Waals surface area contributed by atoms with Gasteiger partial charge in [-0.05, 0) is 54.4 Å². The summed E-state index contributed by atoms with van der Waals surface area (Å²) in [6.07, 6.45) is 3.20. The van der Waals surface area contributed by atoms with Crippen LogP contribution in [0.3, 0.4) is 0 Å². The molecule has 0 aliphatic heterocycles. The third-order valence-corrected chi connectivity index (χ3v) is 7.34. The molecule has 2 aliphatic carbocycles. The normalized spacial score (nSPS) is 28.4. The van der Waals surface area contributed by atoms with E-state index in [1.54, 1.807) is 12.1 Å². The van der Waals surface area contributed by atoms with E-state index in [0.29, 0.717) is 11.8 Å². The Balaban J connectivity index is 1.54. The number of fused-ring (bicyclic) bond motifs is 2. The first kappa shape index (κ1) is 16.8. The van der Waals surface area contributed by atoms with Crippen molar-refractivity contribution in [2.45, 2.75) is 30.2 Å². The molecule has 4 unspecified atom stereocenters. The van der Waals surface area contributed by atoms with E-state index in [1.807, 2.05) is 42.5 Å². The van der Waals surface area contributed by atoms with Crippen LogP contribution in [-0.2, 0) is 10.0 Å². The van der Waals surface area contributed by atoms with Gasteiger partial charge in [-0.2, -0.15) is 0 Å². The van der Waals surface area contributed by atoms with Crippen LogP contribution >= 0.6 is 0 Å². The Morgan fingerprint density at radius 1 is 0.920 bits per heavy atom. The second-order valence-electron chi connectivity index (χ2n) is 7.22. The van der Waals surface area contributed by atoms with Gasteiger partial charge in [-0.3, -0.25) is 0 Å². The van der Waals surface area contributed by atoms with Crippen LogP contribution in [-0.4, -0.2) is 26.2 Å². The fourth-order valence-corrected chi connectivity index (χ4v) is 5.92. The average Bonchev–Trinajstić information content (AvgIpc) is 3.24. The minimum absolute atomic E-state index is 0.0529. The Bertz CT molecular complexity index is 833. The van der Waals surface area contributed by atoms with E-state index >= 15 is 0 Å². The second kappa shape index (κ2) is 6.56. The first-order valence-corrected chi connectivity index (χ1v) is 10.4. The molecule has 0 saturated heterocycles. The molecule has 0 amide bonds. The van der Waals surface area contributed by atoms with Gasteiger partial charge in [0.2, 0.25) is 10.0 Å². The molecule has 5 heteroatoms. The van der Waals surface area contributed by atoms with Gasteiger partial charge in [0, 0.05) is 18.6 Å². The number of hydrogen-bond acceptors (Lipinski definition) is 3. The smallest absolute Gasteiger partial charge is 0.240 e. The molecule has 4 nitrogen and oxygen atoms in total. The van der Waals surface area contributed by atoms with Crippen LogP contribution < -0.4 is 4.72 Å². The van der Waals surface area contributed by atoms with Crippen LogP contribution in [0.2, 0.25) is 0 Å². The summed E-state index contributed by atoms with van der Waals surface area (Å²) in [5, 5.41) is 9.65. The summed E-state index contributed by atoms with van der Waals surface area (Å²) in [7, 11) is -3.57. The monoisotopic (exact) mass is 357 g/mol. The SMILES string of the molecule is O=S(=O)(NC1C2CCC(C2)C1CO)c1ccc(-c2ccccc2)cc1. The molecular weight excluding hydrogens is 334 g/mol. The van der Waals surface area contributed by atoms with Gasteiger partial charge in [0.05, 0.1) is 4.90 Å². The third-order valence-electron chi connectivity index (χ3n) is 5.86. The summed E-state index contributed by atoms with van der Waals surface area (Å²) < 4.78 is 28.4. The van der Waals surface area contributed by atoms with E-state index in [-0.39, 0.29) is 23.5 Å². The lowest BCUT2D eigenvalue weighted by molar-refractivity contribution is 0.153. The van der Waals surface area contributed by atoms with E-state index in [9.17, 15) is 13.5 Å². The molecule has 2 N–H and O–H groups in total. The molecule has 2 fully saturated rings. The van der Waals surface area contributed by atoms with Crippen molar-refractivity contribution >= 4 is 10.0 Å². The molecule has 2 aromatic rings. The summed E-state index contributed by atoms with van der Waals surface area (Å²) in [6, 6.07) is 16.8. The van der Waals surface area contributed by atoms with Crippen molar-refractivity contribution < 1.29 is 13.5 Å². The van der Waals surface area contributed by atoms with Gasteiger partial charge in [-0.25, -0.2) is 13.1 Å². The van der Waals surface area contributed by atoms with E-state index < -0.39 is 10.0 Å². The molecule has 0 radical (unpaired) electrons. The highest BCUT2D eigenvalue weighted by Gasteiger charge is 2.48. The molecule has 4 atom stereocenters. The van der Waals surface area contributed by atoms with Crippen molar-refractivity contribution in [3.8, 4) is 11.1 Å². The Kier molecular flexibility index (Phi) is 4.40.